The molecule has 3 aromatic rings. The lowest BCUT2D eigenvalue weighted by Crippen LogP contribution is -2.53. The first kappa shape index (κ1) is 23.4. The average Bonchev–Trinajstić information content (AvgIpc) is 3.33. The average molecular weight is 492 g/mol. The lowest BCUT2D eigenvalue weighted by molar-refractivity contribution is -0.137. The van der Waals surface area contributed by atoms with Gasteiger partial charge in [-0.2, -0.15) is 13.2 Å². The van der Waals surface area contributed by atoms with Gasteiger partial charge in [-0.3, -0.25) is 14.9 Å². The Labute approximate surface area is 194 Å². The maximum Gasteiger partial charge on any atom is 0.416 e. The van der Waals surface area contributed by atoms with E-state index in [4.69, 9.17) is 0 Å². The summed E-state index contributed by atoms with van der Waals surface area (Å²) in [5.74, 6) is -2.56. The molecule has 1 atom stereocenters. The minimum atomic E-state index is -4.55. The summed E-state index contributed by atoms with van der Waals surface area (Å²) in [7, 11) is 0. The molecule has 1 aliphatic heterocycles. The summed E-state index contributed by atoms with van der Waals surface area (Å²) < 4.78 is 53.4. The number of alkyl halides is 3. The number of rotatable bonds is 5. The summed E-state index contributed by atoms with van der Waals surface area (Å²) in [6.45, 7) is 1.25. The third-order valence-corrected chi connectivity index (χ3v) is 6.13. The van der Waals surface area contributed by atoms with Crippen LogP contribution in [0, 0.1) is 12.7 Å². The Balaban J connectivity index is 1.66. The van der Waals surface area contributed by atoms with E-state index < -0.39 is 53.0 Å². The van der Waals surface area contributed by atoms with Crippen molar-refractivity contribution < 1.29 is 31.9 Å². The zero-order valence-electron chi connectivity index (χ0n) is 17.4. The molecule has 4 amide bonds. The number of hydrogen-bond donors (Lipinski definition) is 3. The van der Waals surface area contributed by atoms with Crippen molar-refractivity contribution in [2.45, 2.75) is 18.6 Å². The van der Waals surface area contributed by atoms with Crippen LogP contribution in [0.4, 0.5) is 22.4 Å². The molecule has 1 fully saturated rings. The number of urea groups is 1. The summed E-state index contributed by atoms with van der Waals surface area (Å²) in [4.78, 5) is 42.3. The number of aromatic nitrogens is 1. The van der Waals surface area contributed by atoms with E-state index in [0.29, 0.717) is 4.88 Å². The van der Waals surface area contributed by atoms with Crippen LogP contribution in [0.15, 0.2) is 48.0 Å². The molecule has 0 aliphatic carbocycles. The van der Waals surface area contributed by atoms with Gasteiger partial charge in [-0.05, 0) is 36.2 Å². The minimum Gasteiger partial charge on any atom is -0.349 e. The predicted octanol–water partition coefficient (Wildman–Crippen LogP) is 3.74. The van der Waals surface area contributed by atoms with Gasteiger partial charge in [0.25, 0.3) is 11.8 Å². The number of carbonyl (C=O) groups is 3. The van der Waals surface area contributed by atoms with Gasteiger partial charge in [-0.1, -0.05) is 24.3 Å². The fraction of sp³-hybridized carbons (Fsp3) is 0.182. The van der Waals surface area contributed by atoms with Crippen molar-refractivity contribution in [2.75, 3.05) is 6.54 Å². The Bertz CT molecular complexity index is 1290. The van der Waals surface area contributed by atoms with Gasteiger partial charge in [-0.15, -0.1) is 11.3 Å². The first-order valence-corrected chi connectivity index (χ1v) is 10.7. The molecule has 1 aromatic heterocycles. The van der Waals surface area contributed by atoms with Crippen LogP contribution in [0.1, 0.15) is 26.5 Å². The Morgan fingerprint density at radius 1 is 1.15 bits per heavy atom. The molecule has 4 rings (SSSR count). The van der Waals surface area contributed by atoms with E-state index in [1.165, 1.54) is 29.0 Å². The van der Waals surface area contributed by atoms with E-state index in [2.05, 4.69) is 20.9 Å². The first-order chi connectivity index (χ1) is 16.0. The molecule has 0 radical (unpaired) electrons. The molecule has 7 nitrogen and oxygen atoms in total. The van der Waals surface area contributed by atoms with Gasteiger partial charge in [0.1, 0.15) is 5.82 Å². The fourth-order valence-electron chi connectivity index (χ4n) is 3.72. The van der Waals surface area contributed by atoms with E-state index in [1.807, 2.05) is 0 Å². The molecule has 34 heavy (non-hydrogen) atoms. The van der Waals surface area contributed by atoms with E-state index in [0.717, 1.165) is 30.3 Å². The van der Waals surface area contributed by atoms with Gasteiger partial charge < -0.3 is 10.6 Å². The molecule has 176 valence electrons. The van der Waals surface area contributed by atoms with Crippen LogP contribution in [0.2, 0.25) is 0 Å². The zero-order valence-corrected chi connectivity index (χ0v) is 18.2. The highest BCUT2D eigenvalue weighted by Gasteiger charge is 2.50. The quantitative estimate of drug-likeness (QED) is 0.373. The van der Waals surface area contributed by atoms with E-state index in [1.54, 1.807) is 6.92 Å². The Kier molecular flexibility index (Phi) is 5.86. The topological polar surface area (TPSA) is 100 Å². The van der Waals surface area contributed by atoms with Crippen molar-refractivity contribution in [3.8, 4) is 11.1 Å². The highest BCUT2D eigenvalue weighted by Crippen LogP contribution is 2.33. The molecule has 1 saturated heterocycles. The van der Waals surface area contributed by atoms with E-state index in [-0.39, 0.29) is 16.8 Å². The van der Waals surface area contributed by atoms with Crippen molar-refractivity contribution in [1.29, 1.82) is 0 Å². The summed E-state index contributed by atoms with van der Waals surface area (Å²) in [5, 5.41) is 7.05. The summed E-state index contributed by atoms with van der Waals surface area (Å²) >= 11 is 1.23. The van der Waals surface area contributed by atoms with Gasteiger partial charge in [0.2, 0.25) is 0 Å². The van der Waals surface area contributed by atoms with Crippen molar-refractivity contribution >= 4 is 29.2 Å². The van der Waals surface area contributed by atoms with Crippen LogP contribution >= 0.6 is 11.3 Å². The summed E-state index contributed by atoms with van der Waals surface area (Å²) in [6.07, 6.45) is -4.55. The summed E-state index contributed by atoms with van der Waals surface area (Å²) in [6, 6.07) is 6.92. The molecular weight excluding hydrogens is 476 g/mol. The standard InChI is InChI=1S/C22H16F4N4O3S/c1-11-17(28-10-34-11)21(19(32)29-20(33)30-21)9-27-18(31)16-14(3-2-4-15(16)23)12-5-7-13(8-6-12)22(24,25)26/h2-8,10H,9H2,1H3,(H,27,31)(H2,29,30,32,33). The Morgan fingerprint density at radius 2 is 1.85 bits per heavy atom. The molecule has 1 aliphatic rings. The number of carbonyl (C=O) groups excluding carboxylic acids is 3. The van der Waals surface area contributed by atoms with Crippen LogP contribution < -0.4 is 16.0 Å². The molecule has 0 saturated carbocycles. The van der Waals surface area contributed by atoms with Gasteiger partial charge in [0.15, 0.2) is 5.54 Å². The number of thiazole rings is 1. The fourth-order valence-corrected chi connectivity index (χ4v) is 4.37. The van der Waals surface area contributed by atoms with Gasteiger partial charge in [0, 0.05) is 4.88 Å². The van der Waals surface area contributed by atoms with Gasteiger partial charge in [-0.25, -0.2) is 14.2 Å². The molecule has 2 aromatic carbocycles. The molecular formula is C22H16F4N4O3S. The SMILES string of the molecule is Cc1scnc1C1(CNC(=O)c2c(F)cccc2-c2ccc(C(F)(F)F)cc2)NC(=O)NC1=O. The number of benzene rings is 2. The van der Waals surface area contributed by atoms with E-state index >= 15 is 0 Å². The lowest BCUT2D eigenvalue weighted by atomic mass is 9.93. The normalized spacial score (nSPS) is 17.9. The molecule has 1 unspecified atom stereocenters. The second-order valence-electron chi connectivity index (χ2n) is 7.49. The smallest absolute Gasteiger partial charge is 0.349 e. The number of hydrogen-bond acceptors (Lipinski definition) is 5. The maximum atomic E-state index is 14.7. The van der Waals surface area contributed by atoms with Gasteiger partial charge in [0.05, 0.1) is 28.9 Å². The van der Waals surface area contributed by atoms with Crippen LogP contribution in [0.3, 0.4) is 0 Å². The molecule has 12 heteroatoms. The number of nitrogens with one attached hydrogen (secondary N) is 3. The second-order valence-corrected chi connectivity index (χ2v) is 8.55. The zero-order chi connectivity index (χ0) is 24.7. The second kappa shape index (κ2) is 8.52. The number of nitrogens with zero attached hydrogens (tertiary/aromatic N) is 1. The third kappa shape index (κ3) is 4.12. The minimum absolute atomic E-state index is 0.0602. The van der Waals surface area contributed by atoms with E-state index in [9.17, 15) is 31.9 Å². The third-order valence-electron chi connectivity index (χ3n) is 5.37. The molecule has 0 spiro atoms. The van der Waals surface area contributed by atoms with Crippen LogP contribution in [0.25, 0.3) is 11.1 Å². The maximum absolute atomic E-state index is 14.7. The highest BCUT2D eigenvalue weighted by molar-refractivity contribution is 7.09. The first-order valence-electron chi connectivity index (χ1n) is 9.81. The molecule has 2 heterocycles. The monoisotopic (exact) mass is 492 g/mol. The number of imide groups is 1. The predicted molar refractivity (Wildman–Crippen MR) is 114 cm³/mol. The number of halogens is 4. The van der Waals surface area contributed by atoms with Crippen molar-refractivity contribution in [2.24, 2.45) is 0 Å². The number of amides is 4. The van der Waals surface area contributed by atoms with Crippen molar-refractivity contribution in [3.63, 3.8) is 0 Å². The molecule has 3 N–H and O–H groups in total. The Hall–Kier alpha value is -3.80. The number of aryl methyl sites for hydroxylation is 1. The van der Waals surface area contributed by atoms with Crippen molar-refractivity contribution in [3.05, 3.63) is 75.5 Å². The molecule has 0 bridgehead atoms. The largest absolute Gasteiger partial charge is 0.416 e. The van der Waals surface area contributed by atoms with Crippen molar-refractivity contribution in [1.82, 2.24) is 20.9 Å². The van der Waals surface area contributed by atoms with Crippen LogP contribution in [0.5, 0.6) is 0 Å². The van der Waals surface area contributed by atoms with Crippen LogP contribution in [-0.2, 0) is 16.5 Å². The Morgan fingerprint density at radius 3 is 2.41 bits per heavy atom. The summed E-state index contributed by atoms with van der Waals surface area (Å²) in [5.41, 5.74) is -1.04. The lowest BCUT2D eigenvalue weighted by Gasteiger charge is -2.25. The highest BCUT2D eigenvalue weighted by atomic mass is 32.1. The van der Waals surface area contributed by atoms with Crippen LogP contribution in [-0.4, -0.2) is 29.4 Å². The van der Waals surface area contributed by atoms with Gasteiger partial charge >= 0.3 is 12.2 Å².